The SMILES string of the molecule is O=C(NCC1CCc2nc(-c3ccccc3)[nH]c(=O)c2CC1)c1ccc2nc[nH]c2c1. The molecule has 0 aliphatic heterocycles. The molecule has 1 amide bonds. The minimum absolute atomic E-state index is 0.0543. The van der Waals surface area contributed by atoms with E-state index in [1.54, 1.807) is 12.4 Å². The molecule has 3 N–H and O–H groups in total. The van der Waals surface area contributed by atoms with Gasteiger partial charge in [0, 0.05) is 23.2 Å². The van der Waals surface area contributed by atoms with Crippen LogP contribution in [0.2, 0.25) is 0 Å². The van der Waals surface area contributed by atoms with Gasteiger partial charge in [0.2, 0.25) is 0 Å². The summed E-state index contributed by atoms with van der Waals surface area (Å²) in [4.78, 5) is 40.2. The predicted octanol–water partition coefficient (Wildman–Crippen LogP) is 3.24. The minimum atomic E-state index is -0.0967. The number of amides is 1. The molecule has 1 aliphatic rings. The van der Waals surface area contributed by atoms with E-state index in [2.05, 4.69) is 20.3 Å². The van der Waals surface area contributed by atoms with Crippen LogP contribution in [0.5, 0.6) is 0 Å². The van der Waals surface area contributed by atoms with Crippen LogP contribution in [0.3, 0.4) is 0 Å². The highest BCUT2D eigenvalue weighted by Crippen LogP contribution is 2.23. The molecule has 0 radical (unpaired) electrons. The molecule has 7 heteroatoms. The van der Waals surface area contributed by atoms with Gasteiger partial charge in [-0.2, -0.15) is 0 Å². The number of hydrogen-bond donors (Lipinski definition) is 3. The Morgan fingerprint density at radius 1 is 1.10 bits per heavy atom. The maximum atomic E-state index is 12.7. The molecule has 156 valence electrons. The van der Waals surface area contributed by atoms with Crippen LogP contribution in [-0.4, -0.2) is 32.4 Å². The Morgan fingerprint density at radius 2 is 1.94 bits per heavy atom. The molecule has 0 fully saturated rings. The summed E-state index contributed by atoms with van der Waals surface area (Å²) >= 11 is 0. The van der Waals surface area contributed by atoms with Gasteiger partial charge in [-0.1, -0.05) is 30.3 Å². The van der Waals surface area contributed by atoms with Crippen LogP contribution in [0.1, 0.15) is 34.5 Å². The van der Waals surface area contributed by atoms with Gasteiger partial charge in [0.25, 0.3) is 11.5 Å². The third kappa shape index (κ3) is 3.99. The van der Waals surface area contributed by atoms with E-state index in [1.807, 2.05) is 42.5 Å². The number of fused-ring (bicyclic) bond motifs is 2. The lowest BCUT2D eigenvalue weighted by molar-refractivity contribution is 0.0946. The van der Waals surface area contributed by atoms with Gasteiger partial charge in [-0.05, 0) is 49.8 Å². The Labute approximate surface area is 179 Å². The average Bonchev–Trinajstić information content (AvgIpc) is 3.17. The van der Waals surface area contributed by atoms with Crippen LogP contribution >= 0.6 is 0 Å². The van der Waals surface area contributed by atoms with Crippen molar-refractivity contribution in [1.29, 1.82) is 0 Å². The number of aromatic amines is 2. The molecular formula is C24H23N5O2. The van der Waals surface area contributed by atoms with E-state index >= 15 is 0 Å². The van der Waals surface area contributed by atoms with Crippen molar-refractivity contribution in [2.24, 2.45) is 5.92 Å². The Balaban J connectivity index is 1.26. The first-order valence-electron chi connectivity index (χ1n) is 10.6. The lowest BCUT2D eigenvalue weighted by atomic mass is 9.99. The maximum absolute atomic E-state index is 12.7. The molecule has 0 saturated carbocycles. The third-order valence-electron chi connectivity index (χ3n) is 5.97. The number of imidazole rings is 1. The molecule has 2 heterocycles. The van der Waals surface area contributed by atoms with E-state index in [1.165, 1.54) is 0 Å². The summed E-state index contributed by atoms with van der Waals surface area (Å²) in [7, 11) is 0. The fourth-order valence-electron chi connectivity index (χ4n) is 4.20. The number of aryl methyl sites for hydroxylation is 1. The van der Waals surface area contributed by atoms with Crippen molar-refractivity contribution in [2.75, 3.05) is 6.54 Å². The number of H-pyrrole nitrogens is 2. The summed E-state index contributed by atoms with van der Waals surface area (Å²) in [5.41, 5.74) is 4.80. The molecule has 2 aromatic carbocycles. The summed E-state index contributed by atoms with van der Waals surface area (Å²) in [6, 6.07) is 15.1. The zero-order chi connectivity index (χ0) is 21.2. The topological polar surface area (TPSA) is 104 Å². The van der Waals surface area contributed by atoms with Gasteiger partial charge in [0.15, 0.2) is 0 Å². The van der Waals surface area contributed by atoms with E-state index in [4.69, 9.17) is 4.98 Å². The zero-order valence-corrected chi connectivity index (χ0v) is 17.0. The molecule has 0 bridgehead atoms. The van der Waals surface area contributed by atoms with E-state index < -0.39 is 0 Å². The second-order valence-corrected chi connectivity index (χ2v) is 7.99. The number of carbonyl (C=O) groups is 1. The van der Waals surface area contributed by atoms with E-state index in [9.17, 15) is 9.59 Å². The third-order valence-corrected chi connectivity index (χ3v) is 5.97. The summed E-state index contributed by atoms with van der Waals surface area (Å²) in [5.74, 6) is 0.819. The van der Waals surface area contributed by atoms with Crippen molar-refractivity contribution < 1.29 is 4.79 Å². The van der Waals surface area contributed by atoms with Gasteiger partial charge in [-0.15, -0.1) is 0 Å². The van der Waals surface area contributed by atoms with Crippen LogP contribution in [-0.2, 0) is 12.8 Å². The number of carbonyl (C=O) groups excluding carboxylic acids is 1. The molecule has 5 rings (SSSR count). The fourth-order valence-corrected chi connectivity index (χ4v) is 4.20. The van der Waals surface area contributed by atoms with Crippen molar-refractivity contribution in [1.82, 2.24) is 25.3 Å². The molecule has 0 spiro atoms. The van der Waals surface area contributed by atoms with Crippen LogP contribution in [0.15, 0.2) is 59.7 Å². The Bertz CT molecular complexity index is 1290. The first-order valence-corrected chi connectivity index (χ1v) is 10.6. The van der Waals surface area contributed by atoms with Crippen molar-refractivity contribution in [3.63, 3.8) is 0 Å². The smallest absolute Gasteiger partial charge is 0.254 e. The first kappa shape index (κ1) is 19.2. The molecule has 0 saturated heterocycles. The van der Waals surface area contributed by atoms with Crippen molar-refractivity contribution in [3.05, 3.63) is 82.0 Å². The first-order chi connectivity index (χ1) is 15.2. The van der Waals surface area contributed by atoms with E-state index in [0.717, 1.165) is 47.1 Å². The molecule has 2 aromatic heterocycles. The van der Waals surface area contributed by atoms with Gasteiger partial charge < -0.3 is 15.3 Å². The van der Waals surface area contributed by atoms with Crippen molar-refractivity contribution >= 4 is 16.9 Å². The Kier molecular flexibility index (Phi) is 5.08. The average molecular weight is 413 g/mol. The monoisotopic (exact) mass is 413 g/mol. The highest BCUT2D eigenvalue weighted by atomic mass is 16.1. The summed E-state index contributed by atoms with van der Waals surface area (Å²) in [6.07, 6.45) is 4.77. The number of nitrogens with one attached hydrogen (secondary N) is 3. The highest BCUT2D eigenvalue weighted by Gasteiger charge is 2.21. The summed E-state index contributed by atoms with van der Waals surface area (Å²) < 4.78 is 0. The van der Waals surface area contributed by atoms with Crippen LogP contribution in [0, 0.1) is 5.92 Å². The second-order valence-electron chi connectivity index (χ2n) is 7.99. The molecular weight excluding hydrogens is 390 g/mol. The largest absolute Gasteiger partial charge is 0.352 e. The van der Waals surface area contributed by atoms with Gasteiger partial charge in [0.05, 0.1) is 23.1 Å². The summed E-state index contributed by atoms with van der Waals surface area (Å²) in [6.45, 7) is 0.581. The van der Waals surface area contributed by atoms with E-state index in [-0.39, 0.29) is 11.5 Å². The molecule has 31 heavy (non-hydrogen) atoms. The second kappa shape index (κ2) is 8.18. The van der Waals surface area contributed by atoms with Crippen LogP contribution in [0.25, 0.3) is 22.4 Å². The molecule has 7 nitrogen and oxygen atoms in total. The molecule has 1 atom stereocenters. The normalized spacial score (nSPS) is 15.9. The fraction of sp³-hybridized carbons (Fsp3) is 0.250. The lowest BCUT2D eigenvalue weighted by Gasteiger charge is -2.14. The number of nitrogens with zero attached hydrogens (tertiary/aromatic N) is 2. The zero-order valence-electron chi connectivity index (χ0n) is 17.0. The number of aromatic nitrogens is 4. The van der Waals surface area contributed by atoms with Crippen LogP contribution in [0.4, 0.5) is 0 Å². The Morgan fingerprint density at radius 3 is 2.81 bits per heavy atom. The van der Waals surface area contributed by atoms with Gasteiger partial charge >= 0.3 is 0 Å². The molecule has 4 aromatic rings. The van der Waals surface area contributed by atoms with Crippen molar-refractivity contribution in [3.8, 4) is 11.4 Å². The van der Waals surface area contributed by atoms with E-state index in [0.29, 0.717) is 30.3 Å². The standard InChI is InChI=1S/C24H23N5O2/c30-23(17-8-11-20-21(12-17)27-14-26-20)25-13-15-6-9-18-19(10-7-15)28-22(29-24(18)31)16-4-2-1-3-5-16/h1-5,8,11-12,14-15H,6-7,9-10,13H2,(H,25,30)(H,26,27)(H,28,29,31). The van der Waals surface area contributed by atoms with Gasteiger partial charge in [-0.3, -0.25) is 9.59 Å². The quantitative estimate of drug-likeness (QED) is 0.447. The number of hydrogen-bond acceptors (Lipinski definition) is 4. The predicted molar refractivity (Wildman–Crippen MR) is 119 cm³/mol. The van der Waals surface area contributed by atoms with Crippen LogP contribution < -0.4 is 10.9 Å². The summed E-state index contributed by atoms with van der Waals surface area (Å²) in [5, 5.41) is 3.05. The van der Waals surface area contributed by atoms with Gasteiger partial charge in [-0.25, -0.2) is 9.97 Å². The number of benzene rings is 2. The highest BCUT2D eigenvalue weighted by molar-refractivity contribution is 5.97. The number of rotatable bonds is 4. The molecule has 1 unspecified atom stereocenters. The lowest BCUT2D eigenvalue weighted by Crippen LogP contribution is -2.29. The maximum Gasteiger partial charge on any atom is 0.254 e. The van der Waals surface area contributed by atoms with Gasteiger partial charge in [0.1, 0.15) is 5.82 Å². The Hall–Kier alpha value is -3.74. The van der Waals surface area contributed by atoms with Crippen molar-refractivity contribution in [2.45, 2.75) is 25.7 Å². The minimum Gasteiger partial charge on any atom is -0.352 e. The molecule has 1 aliphatic carbocycles.